The number of hydrogen-bond acceptors (Lipinski definition) is 2. The Morgan fingerprint density at radius 1 is 1.31 bits per heavy atom. The fourth-order valence-corrected chi connectivity index (χ4v) is 1.60. The van der Waals surface area contributed by atoms with Gasteiger partial charge in [0.25, 0.3) is 0 Å². The lowest BCUT2D eigenvalue weighted by Gasteiger charge is -2.03. The summed E-state index contributed by atoms with van der Waals surface area (Å²) in [5.41, 5.74) is 9.21. The SMILES string of the molecule is Cc1ccc(C)c(-c2ccn(C(N)=O)n2)c1. The van der Waals surface area contributed by atoms with Crippen molar-refractivity contribution in [1.82, 2.24) is 9.78 Å². The molecule has 0 saturated carbocycles. The Morgan fingerprint density at radius 3 is 2.69 bits per heavy atom. The Kier molecular flexibility index (Phi) is 2.48. The van der Waals surface area contributed by atoms with Crippen molar-refractivity contribution >= 4 is 6.03 Å². The van der Waals surface area contributed by atoms with Crippen LogP contribution in [-0.4, -0.2) is 15.8 Å². The monoisotopic (exact) mass is 215 g/mol. The molecule has 0 bridgehead atoms. The summed E-state index contributed by atoms with van der Waals surface area (Å²) >= 11 is 0. The molecule has 0 fully saturated rings. The van der Waals surface area contributed by atoms with Crippen LogP contribution in [0.3, 0.4) is 0 Å². The van der Waals surface area contributed by atoms with Gasteiger partial charge in [0.15, 0.2) is 0 Å². The quantitative estimate of drug-likeness (QED) is 0.791. The minimum Gasteiger partial charge on any atom is -0.350 e. The number of carbonyl (C=O) groups is 1. The van der Waals surface area contributed by atoms with Crippen molar-refractivity contribution in [3.63, 3.8) is 0 Å². The number of aryl methyl sites for hydroxylation is 2. The standard InChI is InChI=1S/C12H13N3O/c1-8-3-4-9(2)10(7-8)11-5-6-15(14-11)12(13)16/h3-7H,1-2H3,(H2,13,16). The van der Waals surface area contributed by atoms with E-state index in [0.29, 0.717) is 0 Å². The molecule has 0 saturated heterocycles. The van der Waals surface area contributed by atoms with Crippen molar-refractivity contribution in [2.75, 3.05) is 0 Å². The number of primary amides is 1. The minimum absolute atomic E-state index is 0.573. The first kappa shape index (κ1) is 10.4. The minimum atomic E-state index is -0.573. The number of carbonyl (C=O) groups excluding carboxylic acids is 1. The first-order chi connectivity index (χ1) is 7.58. The van der Waals surface area contributed by atoms with E-state index in [2.05, 4.69) is 5.10 Å². The van der Waals surface area contributed by atoms with Gasteiger partial charge in [-0.1, -0.05) is 17.7 Å². The lowest BCUT2D eigenvalue weighted by Crippen LogP contribution is -2.19. The molecule has 0 aliphatic rings. The molecule has 1 aromatic carbocycles. The van der Waals surface area contributed by atoms with E-state index >= 15 is 0 Å². The third-order valence-corrected chi connectivity index (χ3v) is 2.48. The molecule has 0 atom stereocenters. The van der Waals surface area contributed by atoms with Gasteiger partial charge in [-0.25, -0.2) is 4.79 Å². The van der Waals surface area contributed by atoms with Gasteiger partial charge in [0.1, 0.15) is 0 Å². The molecule has 2 rings (SSSR count). The van der Waals surface area contributed by atoms with E-state index in [9.17, 15) is 4.79 Å². The third-order valence-electron chi connectivity index (χ3n) is 2.48. The second-order valence-corrected chi connectivity index (χ2v) is 3.80. The Bertz CT molecular complexity index is 543. The summed E-state index contributed by atoms with van der Waals surface area (Å²) in [7, 11) is 0. The Hall–Kier alpha value is -2.10. The first-order valence-electron chi connectivity index (χ1n) is 5.01. The molecule has 82 valence electrons. The molecule has 4 nitrogen and oxygen atoms in total. The smallest absolute Gasteiger partial charge is 0.339 e. The molecule has 16 heavy (non-hydrogen) atoms. The predicted octanol–water partition coefficient (Wildman–Crippen LogP) is 2.09. The van der Waals surface area contributed by atoms with Crippen LogP contribution < -0.4 is 5.73 Å². The van der Waals surface area contributed by atoms with Gasteiger partial charge in [-0.05, 0) is 31.5 Å². The van der Waals surface area contributed by atoms with Crippen molar-refractivity contribution in [3.8, 4) is 11.3 Å². The molecule has 0 aliphatic carbocycles. The number of hydrogen-bond donors (Lipinski definition) is 1. The fraction of sp³-hybridized carbons (Fsp3) is 0.167. The van der Waals surface area contributed by atoms with Crippen LogP contribution in [-0.2, 0) is 0 Å². The number of benzene rings is 1. The van der Waals surface area contributed by atoms with Crippen molar-refractivity contribution < 1.29 is 4.79 Å². The highest BCUT2D eigenvalue weighted by Crippen LogP contribution is 2.22. The Labute approximate surface area is 93.7 Å². The number of nitrogens with zero attached hydrogens (tertiary/aromatic N) is 2. The number of nitrogens with two attached hydrogens (primary N) is 1. The summed E-state index contributed by atoms with van der Waals surface area (Å²) in [6.07, 6.45) is 1.57. The molecule has 0 radical (unpaired) electrons. The van der Waals surface area contributed by atoms with Gasteiger partial charge in [-0.15, -0.1) is 0 Å². The molecule has 1 amide bonds. The highest BCUT2D eigenvalue weighted by atomic mass is 16.2. The van der Waals surface area contributed by atoms with Gasteiger partial charge in [0.2, 0.25) is 0 Å². The second kappa shape index (κ2) is 3.81. The predicted molar refractivity (Wildman–Crippen MR) is 62.1 cm³/mol. The maximum atomic E-state index is 10.9. The summed E-state index contributed by atoms with van der Waals surface area (Å²) < 4.78 is 1.14. The summed E-state index contributed by atoms with van der Waals surface area (Å²) in [5, 5.41) is 4.12. The molecule has 1 aromatic heterocycles. The van der Waals surface area contributed by atoms with Crippen LogP contribution in [0, 0.1) is 13.8 Å². The Morgan fingerprint density at radius 2 is 2.06 bits per heavy atom. The van der Waals surface area contributed by atoms with Gasteiger partial charge in [-0.2, -0.15) is 9.78 Å². The highest BCUT2D eigenvalue weighted by Gasteiger charge is 2.07. The van der Waals surface area contributed by atoms with E-state index in [1.807, 2.05) is 32.0 Å². The zero-order valence-electron chi connectivity index (χ0n) is 9.27. The Balaban J connectivity index is 2.50. The summed E-state index contributed by atoms with van der Waals surface area (Å²) in [4.78, 5) is 10.9. The van der Waals surface area contributed by atoms with Crippen LogP contribution >= 0.6 is 0 Å². The zero-order valence-corrected chi connectivity index (χ0v) is 9.27. The average Bonchev–Trinajstić information content (AvgIpc) is 2.70. The molecule has 0 spiro atoms. The van der Waals surface area contributed by atoms with Gasteiger partial charge in [-0.3, -0.25) is 0 Å². The van der Waals surface area contributed by atoms with Crippen LogP contribution in [0.5, 0.6) is 0 Å². The van der Waals surface area contributed by atoms with Crippen LogP contribution in [0.4, 0.5) is 4.79 Å². The topological polar surface area (TPSA) is 60.9 Å². The first-order valence-corrected chi connectivity index (χ1v) is 5.01. The molecule has 0 unspecified atom stereocenters. The van der Waals surface area contributed by atoms with Gasteiger partial charge < -0.3 is 5.73 Å². The van der Waals surface area contributed by atoms with E-state index in [4.69, 9.17) is 5.73 Å². The van der Waals surface area contributed by atoms with E-state index in [-0.39, 0.29) is 0 Å². The molecule has 1 heterocycles. The van der Waals surface area contributed by atoms with Crippen molar-refractivity contribution in [2.45, 2.75) is 13.8 Å². The van der Waals surface area contributed by atoms with E-state index in [0.717, 1.165) is 27.1 Å². The summed E-state index contributed by atoms with van der Waals surface area (Å²) in [6.45, 7) is 4.03. The van der Waals surface area contributed by atoms with E-state index in [1.54, 1.807) is 12.3 Å². The summed E-state index contributed by atoms with van der Waals surface area (Å²) in [5.74, 6) is 0. The maximum absolute atomic E-state index is 10.9. The largest absolute Gasteiger partial charge is 0.350 e. The van der Waals surface area contributed by atoms with Crippen molar-refractivity contribution in [2.24, 2.45) is 5.73 Å². The van der Waals surface area contributed by atoms with Crippen molar-refractivity contribution in [1.29, 1.82) is 0 Å². The van der Waals surface area contributed by atoms with Crippen LogP contribution in [0.25, 0.3) is 11.3 Å². The van der Waals surface area contributed by atoms with Gasteiger partial charge >= 0.3 is 6.03 Å². The maximum Gasteiger partial charge on any atom is 0.339 e. The lowest BCUT2D eigenvalue weighted by atomic mass is 10.0. The number of amides is 1. The number of aromatic nitrogens is 2. The zero-order chi connectivity index (χ0) is 11.7. The van der Waals surface area contributed by atoms with E-state index < -0.39 is 6.03 Å². The van der Waals surface area contributed by atoms with Crippen LogP contribution in [0.15, 0.2) is 30.5 Å². The molecule has 0 aliphatic heterocycles. The molecule has 2 N–H and O–H groups in total. The molecule has 2 aromatic rings. The van der Waals surface area contributed by atoms with Crippen LogP contribution in [0.2, 0.25) is 0 Å². The highest BCUT2D eigenvalue weighted by molar-refractivity contribution is 5.75. The van der Waals surface area contributed by atoms with E-state index in [1.165, 1.54) is 0 Å². The van der Waals surface area contributed by atoms with Crippen LogP contribution in [0.1, 0.15) is 11.1 Å². The fourth-order valence-electron chi connectivity index (χ4n) is 1.60. The summed E-state index contributed by atoms with van der Waals surface area (Å²) in [6, 6.07) is 7.34. The van der Waals surface area contributed by atoms with Crippen molar-refractivity contribution in [3.05, 3.63) is 41.6 Å². The van der Waals surface area contributed by atoms with Gasteiger partial charge in [0, 0.05) is 11.8 Å². The average molecular weight is 215 g/mol. The lowest BCUT2D eigenvalue weighted by molar-refractivity contribution is 0.248. The normalized spacial score (nSPS) is 10.4. The third kappa shape index (κ3) is 1.82. The molecular weight excluding hydrogens is 202 g/mol. The van der Waals surface area contributed by atoms with Gasteiger partial charge in [0.05, 0.1) is 5.69 Å². The molecule has 4 heteroatoms. The molecular formula is C12H13N3O. The second-order valence-electron chi connectivity index (χ2n) is 3.80. The number of rotatable bonds is 1.